The second-order valence-electron chi connectivity index (χ2n) is 7.51. The molecule has 0 fully saturated rings. The highest BCUT2D eigenvalue weighted by Gasteiger charge is 2.37. The van der Waals surface area contributed by atoms with Gasteiger partial charge in [-0.3, -0.25) is 9.48 Å². The van der Waals surface area contributed by atoms with Crippen LogP contribution in [-0.2, 0) is 12.7 Å². The molecule has 0 aliphatic carbocycles. The third kappa shape index (κ3) is 4.75. The minimum Gasteiger partial charge on any atom is -0.333 e. The standard InChI is InChI=1S/C24H14ClF3N4O2S/c25-19-10-14(12-32-9-8-16(13-33)30-32)6-7-17(19)22-29-23(34-31-22)20-11-18(15-4-2-1-3-5-15)21(35-20)24(26,27)28/h1-11,13H,12H2. The maximum absolute atomic E-state index is 13.7. The summed E-state index contributed by atoms with van der Waals surface area (Å²) in [5.41, 5.74) is 2.11. The molecule has 0 spiro atoms. The van der Waals surface area contributed by atoms with Gasteiger partial charge in [0, 0.05) is 17.3 Å². The number of carbonyl (C=O) groups is 1. The lowest BCUT2D eigenvalue weighted by Gasteiger charge is -2.07. The zero-order valence-electron chi connectivity index (χ0n) is 17.7. The van der Waals surface area contributed by atoms with E-state index in [9.17, 15) is 18.0 Å². The minimum atomic E-state index is -4.53. The summed E-state index contributed by atoms with van der Waals surface area (Å²) in [6.07, 6.45) is -2.19. The largest absolute Gasteiger partial charge is 0.426 e. The average molecular weight is 515 g/mol. The summed E-state index contributed by atoms with van der Waals surface area (Å²) in [5, 5.41) is 8.37. The van der Waals surface area contributed by atoms with E-state index >= 15 is 0 Å². The van der Waals surface area contributed by atoms with E-state index in [-0.39, 0.29) is 22.2 Å². The van der Waals surface area contributed by atoms with Gasteiger partial charge in [-0.1, -0.05) is 53.2 Å². The van der Waals surface area contributed by atoms with Gasteiger partial charge in [-0.25, -0.2) is 0 Å². The summed E-state index contributed by atoms with van der Waals surface area (Å²) in [6.45, 7) is 0.392. The first-order valence-electron chi connectivity index (χ1n) is 10.2. The Morgan fingerprint density at radius 1 is 1.06 bits per heavy atom. The molecule has 6 nitrogen and oxygen atoms in total. The van der Waals surface area contributed by atoms with Crippen LogP contribution in [0.4, 0.5) is 13.2 Å². The van der Waals surface area contributed by atoms with E-state index in [1.54, 1.807) is 65.5 Å². The molecular formula is C24H14ClF3N4O2S. The fourth-order valence-corrected chi connectivity index (χ4v) is 4.78. The van der Waals surface area contributed by atoms with Crippen molar-refractivity contribution in [1.29, 1.82) is 0 Å². The molecule has 0 saturated heterocycles. The molecule has 0 saturated carbocycles. The van der Waals surface area contributed by atoms with Crippen molar-refractivity contribution < 1.29 is 22.5 Å². The van der Waals surface area contributed by atoms with Crippen LogP contribution in [0.5, 0.6) is 0 Å². The SMILES string of the molecule is O=Cc1ccn(Cc2ccc(-c3noc(-c4cc(-c5ccccc5)c(C(F)(F)F)s4)n3)c(Cl)c2)n1. The molecule has 5 aromatic rings. The van der Waals surface area contributed by atoms with Crippen molar-refractivity contribution in [2.75, 3.05) is 0 Å². The molecular weight excluding hydrogens is 501 g/mol. The number of rotatable bonds is 6. The maximum atomic E-state index is 13.7. The summed E-state index contributed by atoms with van der Waals surface area (Å²) >= 11 is 6.98. The van der Waals surface area contributed by atoms with Crippen LogP contribution in [-0.4, -0.2) is 26.2 Å². The van der Waals surface area contributed by atoms with Crippen molar-refractivity contribution in [2.45, 2.75) is 12.7 Å². The Balaban J connectivity index is 1.44. The molecule has 0 aliphatic rings. The zero-order valence-corrected chi connectivity index (χ0v) is 19.2. The van der Waals surface area contributed by atoms with Crippen molar-refractivity contribution in [3.63, 3.8) is 0 Å². The highest BCUT2D eigenvalue weighted by atomic mass is 35.5. The number of hydrogen-bond donors (Lipinski definition) is 0. The smallest absolute Gasteiger partial charge is 0.333 e. The third-order valence-electron chi connectivity index (χ3n) is 5.11. The van der Waals surface area contributed by atoms with Crippen LogP contribution >= 0.6 is 22.9 Å². The highest BCUT2D eigenvalue weighted by Crippen LogP contribution is 2.45. The summed E-state index contributed by atoms with van der Waals surface area (Å²) in [7, 11) is 0. The minimum absolute atomic E-state index is 0.0317. The van der Waals surface area contributed by atoms with Crippen molar-refractivity contribution in [1.82, 2.24) is 19.9 Å². The molecule has 176 valence electrons. The number of nitrogens with zero attached hydrogens (tertiary/aromatic N) is 4. The summed E-state index contributed by atoms with van der Waals surface area (Å²) < 4.78 is 48.0. The maximum Gasteiger partial charge on any atom is 0.426 e. The Bertz CT molecular complexity index is 1510. The summed E-state index contributed by atoms with van der Waals surface area (Å²) in [6, 6.07) is 16.5. The molecule has 2 aromatic carbocycles. The quantitative estimate of drug-likeness (QED) is 0.231. The number of aromatic nitrogens is 4. The van der Waals surface area contributed by atoms with Crippen LogP contribution in [0.25, 0.3) is 33.3 Å². The molecule has 3 aromatic heterocycles. The van der Waals surface area contributed by atoms with Gasteiger partial charge in [0.1, 0.15) is 10.6 Å². The van der Waals surface area contributed by atoms with E-state index in [1.165, 1.54) is 6.07 Å². The number of halogens is 4. The molecule has 0 atom stereocenters. The highest BCUT2D eigenvalue weighted by molar-refractivity contribution is 7.16. The molecule has 0 radical (unpaired) electrons. The summed E-state index contributed by atoms with van der Waals surface area (Å²) in [4.78, 5) is 14.6. The monoisotopic (exact) mass is 514 g/mol. The summed E-state index contributed by atoms with van der Waals surface area (Å²) in [5.74, 6) is 0.123. The lowest BCUT2D eigenvalue weighted by Crippen LogP contribution is -2.03. The third-order valence-corrected chi connectivity index (χ3v) is 6.59. The van der Waals surface area contributed by atoms with Crippen molar-refractivity contribution in [3.05, 3.63) is 88.0 Å². The van der Waals surface area contributed by atoms with E-state index in [1.807, 2.05) is 0 Å². The second-order valence-corrected chi connectivity index (χ2v) is 8.97. The number of hydrogen-bond acceptors (Lipinski definition) is 6. The lowest BCUT2D eigenvalue weighted by molar-refractivity contribution is -0.133. The average Bonchev–Trinajstić information content (AvgIpc) is 3.58. The van der Waals surface area contributed by atoms with Crippen molar-refractivity contribution >= 4 is 29.2 Å². The Morgan fingerprint density at radius 3 is 2.54 bits per heavy atom. The molecule has 0 N–H and O–H groups in total. The topological polar surface area (TPSA) is 73.8 Å². The van der Waals surface area contributed by atoms with E-state index in [0.717, 1.165) is 5.56 Å². The van der Waals surface area contributed by atoms with E-state index in [4.69, 9.17) is 16.1 Å². The van der Waals surface area contributed by atoms with Gasteiger partial charge < -0.3 is 4.52 Å². The van der Waals surface area contributed by atoms with Gasteiger partial charge in [-0.05, 0) is 35.4 Å². The lowest BCUT2D eigenvalue weighted by atomic mass is 10.1. The van der Waals surface area contributed by atoms with Crippen molar-refractivity contribution in [2.24, 2.45) is 0 Å². The molecule has 5 rings (SSSR count). The van der Waals surface area contributed by atoms with Gasteiger partial charge in [-0.15, -0.1) is 11.3 Å². The van der Waals surface area contributed by atoms with Gasteiger partial charge >= 0.3 is 6.18 Å². The van der Waals surface area contributed by atoms with Crippen LogP contribution in [0.1, 0.15) is 20.9 Å². The predicted octanol–water partition coefficient (Wildman–Crippen LogP) is 6.86. The molecule has 0 bridgehead atoms. The number of alkyl halides is 3. The number of carbonyl (C=O) groups excluding carboxylic acids is 1. The number of aldehydes is 1. The molecule has 0 aliphatic heterocycles. The first-order valence-corrected chi connectivity index (χ1v) is 11.4. The fourth-order valence-electron chi connectivity index (χ4n) is 3.53. The van der Waals surface area contributed by atoms with Crippen molar-refractivity contribution in [3.8, 4) is 33.3 Å². The van der Waals surface area contributed by atoms with E-state index in [2.05, 4.69) is 15.2 Å². The molecule has 3 heterocycles. The Hall–Kier alpha value is -3.76. The van der Waals surface area contributed by atoms with E-state index < -0.39 is 11.1 Å². The predicted molar refractivity (Wildman–Crippen MR) is 125 cm³/mol. The molecule has 0 unspecified atom stereocenters. The Kier molecular flexibility index (Phi) is 6.00. The first-order chi connectivity index (χ1) is 16.8. The van der Waals surface area contributed by atoms with Crippen LogP contribution in [0.15, 0.2) is 71.4 Å². The molecule has 35 heavy (non-hydrogen) atoms. The second kappa shape index (κ2) is 9.12. The van der Waals surface area contributed by atoms with Gasteiger partial charge in [0.05, 0.1) is 16.4 Å². The fraction of sp³-hybridized carbons (Fsp3) is 0.0833. The van der Waals surface area contributed by atoms with Crippen LogP contribution in [0.3, 0.4) is 0 Å². The van der Waals surface area contributed by atoms with Gasteiger partial charge in [0.15, 0.2) is 6.29 Å². The molecule has 0 amide bonds. The van der Waals surface area contributed by atoms with E-state index in [0.29, 0.717) is 46.0 Å². The number of thiophene rings is 1. The van der Waals surface area contributed by atoms with Crippen LogP contribution in [0, 0.1) is 0 Å². The normalized spacial score (nSPS) is 11.7. The first kappa shape index (κ1) is 23.0. The van der Waals surface area contributed by atoms with Gasteiger partial charge in [0.2, 0.25) is 5.82 Å². The van der Waals surface area contributed by atoms with Crippen LogP contribution in [0.2, 0.25) is 5.02 Å². The Morgan fingerprint density at radius 2 is 1.86 bits per heavy atom. The van der Waals surface area contributed by atoms with Gasteiger partial charge in [-0.2, -0.15) is 23.3 Å². The Labute approximate surface area is 205 Å². The number of benzene rings is 2. The zero-order chi connectivity index (χ0) is 24.6. The van der Waals surface area contributed by atoms with Crippen LogP contribution < -0.4 is 0 Å². The molecule has 11 heteroatoms. The van der Waals surface area contributed by atoms with Gasteiger partial charge in [0.25, 0.3) is 5.89 Å².